The number of rotatable bonds is 4. The van der Waals surface area contributed by atoms with Crippen LogP contribution in [-0.2, 0) is 6.18 Å². The molecule has 0 N–H and O–H groups in total. The van der Waals surface area contributed by atoms with Crippen LogP contribution in [0.5, 0.6) is 5.75 Å². The van der Waals surface area contributed by atoms with Gasteiger partial charge in [-0.2, -0.15) is 13.2 Å². The summed E-state index contributed by atoms with van der Waals surface area (Å²) in [5.74, 6) is 0.0931. The van der Waals surface area contributed by atoms with E-state index in [4.69, 9.17) is 4.74 Å². The molecule has 4 rings (SSSR count). The molecule has 0 unspecified atom stereocenters. The van der Waals surface area contributed by atoms with Crippen molar-refractivity contribution in [2.24, 2.45) is 0 Å². The Labute approximate surface area is 147 Å². The van der Waals surface area contributed by atoms with Crippen LogP contribution < -0.4 is 9.64 Å². The quantitative estimate of drug-likeness (QED) is 0.711. The van der Waals surface area contributed by atoms with Crippen LogP contribution in [0, 0.1) is 0 Å². The smallest absolute Gasteiger partial charge is 0.450 e. The fourth-order valence-corrected chi connectivity index (χ4v) is 2.87. The highest BCUT2D eigenvalue weighted by molar-refractivity contribution is 5.79. The van der Waals surface area contributed by atoms with Gasteiger partial charge in [0.2, 0.25) is 5.82 Å². The van der Waals surface area contributed by atoms with Gasteiger partial charge in [-0.15, -0.1) is 0 Å². The number of nitrogens with zero attached hydrogens (tertiary/aromatic N) is 5. The second-order valence-corrected chi connectivity index (χ2v) is 6.20. The molecule has 1 saturated carbocycles. The summed E-state index contributed by atoms with van der Waals surface area (Å²) in [5, 5.41) is 0. The van der Waals surface area contributed by atoms with Crippen molar-refractivity contribution in [2.75, 3.05) is 19.1 Å². The van der Waals surface area contributed by atoms with Gasteiger partial charge in [-0.3, -0.25) is 4.57 Å². The zero-order valence-corrected chi connectivity index (χ0v) is 14.2. The number of aromatic nitrogens is 4. The number of halogens is 3. The van der Waals surface area contributed by atoms with Gasteiger partial charge >= 0.3 is 6.18 Å². The van der Waals surface area contributed by atoms with E-state index < -0.39 is 12.0 Å². The van der Waals surface area contributed by atoms with Crippen molar-refractivity contribution in [3.63, 3.8) is 0 Å². The van der Waals surface area contributed by atoms with Crippen molar-refractivity contribution in [3.05, 3.63) is 36.4 Å². The summed E-state index contributed by atoms with van der Waals surface area (Å²) in [7, 11) is 3.35. The number of ether oxygens (including phenoxy) is 1. The lowest BCUT2D eigenvalue weighted by molar-refractivity contribution is -0.145. The van der Waals surface area contributed by atoms with Crippen LogP contribution in [0.25, 0.3) is 16.9 Å². The Morgan fingerprint density at radius 3 is 2.54 bits per heavy atom. The molecule has 1 aromatic carbocycles. The molecule has 6 nitrogen and oxygen atoms in total. The molecule has 1 aliphatic rings. The number of fused-ring (bicyclic) bond motifs is 1. The van der Waals surface area contributed by atoms with Gasteiger partial charge in [0, 0.05) is 19.2 Å². The van der Waals surface area contributed by atoms with Crippen LogP contribution in [0.15, 0.2) is 30.6 Å². The maximum absolute atomic E-state index is 13.5. The Kier molecular flexibility index (Phi) is 3.74. The molecule has 9 heteroatoms. The summed E-state index contributed by atoms with van der Waals surface area (Å²) in [6, 6.07) is 5.01. The summed E-state index contributed by atoms with van der Waals surface area (Å²) in [4.78, 5) is 14.2. The highest BCUT2D eigenvalue weighted by Crippen LogP contribution is 2.34. The molecule has 0 spiro atoms. The first kappa shape index (κ1) is 16.6. The van der Waals surface area contributed by atoms with Crippen LogP contribution in [0.2, 0.25) is 0 Å². The third kappa shape index (κ3) is 2.83. The van der Waals surface area contributed by atoms with Gasteiger partial charge in [-0.25, -0.2) is 15.0 Å². The Bertz CT molecular complexity index is 947. The first-order valence-corrected chi connectivity index (χ1v) is 8.07. The fourth-order valence-electron chi connectivity index (χ4n) is 2.87. The van der Waals surface area contributed by atoms with E-state index >= 15 is 0 Å². The Morgan fingerprint density at radius 1 is 1.19 bits per heavy atom. The highest BCUT2D eigenvalue weighted by atomic mass is 19.4. The average Bonchev–Trinajstić information content (AvgIpc) is 3.40. The van der Waals surface area contributed by atoms with Crippen molar-refractivity contribution >= 4 is 16.9 Å². The molecule has 136 valence electrons. The summed E-state index contributed by atoms with van der Waals surface area (Å²) in [5.41, 5.74) is 0.466. The fraction of sp³-hybridized carbons (Fsp3) is 0.353. The molecule has 0 atom stereocenters. The van der Waals surface area contributed by atoms with E-state index in [0.717, 1.165) is 17.4 Å². The molecule has 0 bridgehead atoms. The van der Waals surface area contributed by atoms with Gasteiger partial charge in [-0.05, 0) is 25.0 Å². The number of benzene rings is 1. The van der Waals surface area contributed by atoms with Crippen LogP contribution in [0.3, 0.4) is 0 Å². The van der Waals surface area contributed by atoms with Crippen LogP contribution in [0.4, 0.5) is 19.0 Å². The molecule has 0 radical (unpaired) electrons. The maximum Gasteiger partial charge on any atom is 0.450 e. The number of alkyl halides is 3. The molecule has 0 amide bonds. The van der Waals surface area contributed by atoms with Gasteiger partial charge in [0.05, 0.1) is 30.5 Å². The number of imidazole rings is 1. The summed E-state index contributed by atoms with van der Waals surface area (Å²) < 4.78 is 46.6. The highest BCUT2D eigenvalue weighted by Gasteiger charge is 2.38. The zero-order valence-electron chi connectivity index (χ0n) is 14.2. The lowest BCUT2D eigenvalue weighted by Crippen LogP contribution is -2.21. The van der Waals surface area contributed by atoms with Crippen molar-refractivity contribution < 1.29 is 17.9 Å². The molecular formula is C17H16F3N5O. The van der Waals surface area contributed by atoms with E-state index in [9.17, 15) is 13.2 Å². The van der Waals surface area contributed by atoms with Gasteiger partial charge in [0.1, 0.15) is 11.6 Å². The van der Waals surface area contributed by atoms with Crippen molar-refractivity contribution in [1.82, 2.24) is 19.5 Å². The van der Waals surface area contributed by atoms with Crippen LogP contribution in [-0.4, -0.2) is 39.7 Å². The van der Waals surface area contributed by atoms with E-state index in [1.54, 1.807) is 6.07 Å². The number of hydrogen-bond donors (Lipinski definition) is 0. The third-order valence-electron chi connectivity index (χ3n) is 4.42. The second-order valence-electron chi connectivity index (χ2n) is 6.20. The molecule has 3 aromatic rings. The number of methoxy groups -OCH3 is 1. The van der Waals surface area contributed by atoms with Gasteiger partial charge in [-0.1, -0.05) is 0 Å². The predicted octanol–water partition coefficient (Wildman–Crippen LogP) is 3.44. The summed E-state index contributed by atoms with van der Waals surface area (Å²) in [6.45, 7) is 0. The number of hydrogen-bond acceptors (Lipinski definition) is 5. The van der Waals surface area contributed by atoms with Gasteiger partial charge < -0.3 is 9.64 Å². The minimum Gasteiger partial charge on any atom is -0.497 e. The van der Waals surface area contributed by atoms with Crippen molar-refractivity contribution in [3.8, 4) is 11.6 Å². The third-order valence-corrected chi connectivity index (χ3v) is 4.42. The minimum absolute atomic E-state index is 0.0675. The Morgan fingerprint density at radius 2 is 1.96 bits per heavy atom. The lowest BCUT2D eigenvalue weighted by Gasteiger charge is -2.17. The molecule has 26 heavy (non-hydrogen) atoms. The lowest BCUT2D eigenvalue weighted by atomic mass is 10.3. The molecule has 1 fully saturated rings. The average molecular weight is 363 g/mol. The minimum atomic E-state index is -4.63. The summed E-state index contributed by atoms with van der Waals surface area (Å²) in [6.07, 6.45) is 0.383. The van der Waals surface area contributed by atoms with Crippen molar-refractivity contribution in [1.29, 1.82) is 0 Å². The van der Waals surface area contributed by atoms with Crippen LogP contribution >= 0.6 is 0 Å². The molecule has 2 aromatic heterocycles. The van der Waals surface area contributed by atoms with E-state index in [1.807, 2.05) is 11.9 Å². The van der Waals surface area contributed by atoms with Gasteiger partial charge in [0.15, 0.2) is 5.82 Å². The monoisotopic (exact) mass is 363 g/mol. The zero-order chi connectivity index (χ0) is 18.5. The first-order valence-electron chi connectivity index (χ1n) is 8.07. The second kappa shape index (κ2) is 5.86. The maximum atomic E-state index is 13.5. The SMILES string of the molecule is COc1ccc2c(c1)nc(C(F)(F)F)n2-c1cnc(N(C)C2CC2)cn1. The molecule has 0 aliphatic heterocycles. The first-order chi connectivity index (χ1) is 12.4. The van der Waals surface area contributed by atoms with E-state index in [-0.39, 0.29) is 16.9 Å². The molecular weight excluding hydrogens is 347 g/mol. The topological polar surface area (TPSA) is 56.1 Å². The molecule has 1 aliphatic carbocycles. The molecule has 0 saturated heterocycles. The molecule has 2 heterocycles. The summed E-state index contributed by atoms with van der Waals surface area (Å²) >= 11 is 0. The predicted molar refractivity (Wildman–Crippen MR) is 89.6 cm³/mol. The van der Waals surface area contributed by atoms with Crippen molar-refractivity contribution in [2.45, 2.75) is 25.1 Å². The largest absolute Gasteiger partial charge is 0.497 e. The van der Waals surface area contributed by atoms with Crippen LogP contribution in [0.1, 0.15) is 18.7 Å². The Hall–Kier alpha value is -2.84. The number of anilines is 1. The van der Waals surface area contributed by atoms with Gasteiger partial charge in [0.25, 0.3) is 0 Å². The Balaban J connectivity index is 1.83. The van der Waals surface area contributed by atoms with E-state index in [0.29, 0.717) is 17.6 Å². The standard InChI is InChI=1S/C17H16F3N5O/c1-24(10-3-4-10)14-8-22-15(9-21-14)25-13-6-5-11(26-2)7-12(13)23-16(25)17(18,19)20/h5-10H,3-4H2,1-2H3. The van der Waals surface area contributed by atoms with E-state index in [1.165, 1.54) is 31.6 Å². The van der Waals surface area contributed by atoms with E-state index in [2.05, 4.69) is 15.0 Å². The normalized spacial score (nSPS) is 14.7.